The fraction of sp³-hybridized carbons (Fsp3) is 0.278. The second kappa shape index (κ2) is 7.86. The zero-order valence-corrected chi connectivity index (χ0v) is 17.2. The lowest BCUT2D eigenvalue weighted by atomic mass is 10.1. The van der Waals surface area contributed by atoms with Crippen LogP contribution in [-0.4, -0.2) is 26.6 Å². The quantitative estimate of drug-likeness (QED) is 0.787. The van der Waals surface area contributed by atoms with Crippen LogP contribution in [-0.2, 0) is 14.8 Å². The molecule has 0 aliphatic heterocycles. The molecule has 1 N–H and O–H groups in total. The molecule has 0 spiro atoms. The molecule has 2 aromatic carbocycles. The molecule has 5 nitrogen and oxygen atoms in total. The molecule has 1 amide bonds. The number of sulfonamides is 1. The molecule has 0 aromatic heterocycles. The van der Waals surface area contributed by atoms with Gasteiger partial charge in [0.15, 0.2) is 0 Å². The van der Waals surface area contributed by atoms with Gasteiger partial charge < -0.3 is 5.32 Å². The van der Waals surface area contributed by atoms with Gasteiger partial charge in [0.25, 0.3) is 0 Å². The predicted octanol–water partition coefficient (Wildman–Crippen LogP) is 4.40. The van der Waals surface area contributed by atoms with Crippen LogP contribution in [0.2, 0.25) is 10.0 Å². The molecule has 0 bridgehead atoms. The van der Waals surface area contributed by atoms with Crippen molar-refractivity contribution >= 4 is 50.5 Å². The lowest BCUT2D eigenvalue weighted by Crippen LogP contribution is -2.45. The van der Waals surface area contributed by atoms with Gasteiger partial charge in [0.1, 0.15) is 6.04 Å². The zero-order valence-electron chi connectivity index (χ0n) is 14.9. The van der Waals surface area contributed by atoms with E-state index in [1.807, 2.05) is 19.1 Å². The summed E-state index contributed by atoms with van der Waals surface area (Å²) in [7, 11) is -3.70. The number of carbonyl (C=O) groups is 1. The number of aryl methyl sites for hydroxylation is 2. The third-order valence-corrected chi connectivity index (χ3v) is 5.95. The van der Waals surface area contributed by atoms with Crippen LogP contribution in [0.5, 0.6) is 0 Å². The van der Waals surface area contributed by atoms with Crippen LogP contribution in [0.1, 0.15) is 18.1 Å². The van der Waals surface area contributed by atoms with Crippen molar-refractivity contribution in [3.63, 3.8) is 0 Å². The van der Waals surface area contributed by atoms with E-state index in [4.69, 9.17) is 23.2 Å². The van der Waals surface area contributed by atoms with Crippen LogP contribution in [0, 0.1) is 13.8 Å². The predicted molar refractivity (Wildman–Crippen MR) is 108 cm³/mol. The second-order valence-corrected chi connectivity index (χ2v) is 8.76. The first kappa shape index (κ1) is 20.6. The van der Waals surface area contributed by atoms with Crippen LogP contribution in [0.25, 0.3) is 0 Å². The Labute approximate surface area is 164 Å². The molecule has 0 radical (unpaired) electrons. The summed E-state index contributed by atoms with van der Waals surface area (Å²) in [5.41, 5.74) is 2.43. The Morgan fingerprint density at radius 2 is 1.81 bits per heavy atom. The maximum atomic E-state index is 12.7. The molecule has 0 saturated heterocycles. The molecule has 2 aromatic rings. The van der Waals surface area contributed by atoms with Crippen molar-refractivity contribution in [1.29, 1.82) is 0 Å². The van der Waals surface area contributed by atoms with Crippen LogP contribution in [0.4, 0.5) is 11.4 Å². The van der Waals surface area contributed by atoms with Gasteiger partial charge in [-0.05, 0) is 50.1 Å². The summed E-state index contributed by atoms with van der Waals surface area (Å²) in [5.74, 6) is -0.513. The first-order valence-corrected chi connectivity index (χ1v) is 10.4. The minimum atomic E-state index is -3.70. The number of benzene rings is 2. The molecule has 0 aliphatic rings. The Hall–Kier alpha value is -1.76. The van der Waals surface area contributed by atoms with Gasteiger partial charge >= 0.3 is 0 Å². The summed E-state index contributed by atoms with van der Waals surface area (Å²) in [6.07, 6.45) is 1.07. The van der Waals surface area contributed by atoms with E-state index < -0.39 is 22.0 Å². The van der Waals surface area contributed by atoms with Crippen molar-refractivity contribution < 1.29 is 13.2 Å². The number of halogens is 2. The van der Waals surface area contributed by atoms with E-state index in [-0.39, 0.29) is 5.02 Å². The van der Waals surface area contributed by atoms with Crippen molar-refractivity contribution in [3.05, 3.63) is 57.6 Å². The van der Waals surface area contributed by atoms with E-state index in [9.17, 15) is 13.2 Å². The van der Waals surface area contributed by atoms with Crippen LogP contribution in [0.3, 0.4) is 0 Å². The van der Waals surface area contributed by atoms with Crippen molar-refractivity contribution in [2.45, 2.75) is 26.8 Å². The Balaban J connectivity index is 2.41. The zero-order chi connectivity index (χ0) is 19.6. The summed E-state index contributed by atoms with van der Waals surface area (Å²) >= 11 is 12.1. The maximum absolute atomic E-state index is 12.7. The number of carbonyl (C=O) groups excluding carboxylic acids is 1. The molecule has 8 heteroatoms. The molecule has 26 heavy (non-hydrogen) atoms. The van der Waals surface area contributed by atoms with E-state index in [1.54, 1.807) is 31.2 Å². The van der Waals surface area contributed by atoms with Gasteiger partial charge in [-0.25, -0.2) is 8.42 Å². The third kappa shape index (κ3) is 4.50. The van der Waals surface area contributed by atoms with Gasteiger partial charge in [0.2, 0.25) is 15.9 Å². The van der Waals surface area contributed by atoms with Gasteiger partial charge in [-0.2, -0.15) is 0 Å². The normalized spacial score (nSPS) is 12.5. The van der Waals surface area contributed by atoms with E-state index in [1.165, 1.54) is 6.92 Å². The summed E-state index contributed by atoms with van der Waals surface area (Å²) in [6.45, 7) is 5.18. The Morgan fingerprint density at radius 3 is 2.42 bits per heavy atom. The van der Waals surface area contributed by atoms with Gasteiger partial charge in [-0.1, -0.05) is 41.4 Å². The standard InChI is InChI=1S/C18H20Cl2N2O3S/c1-11-8-9-12(2)16(10-11)22(26(4,24)25)13(3)18(23)21-15-7-5-6-14(19)17(15)20/h5-10,13H,1-4H3,(H,21,23)/t13-/m0/s1. The highest BCUT2D eigenvalue weighted by atomic mass is 35.5. The summed E-state index contributed by atoms with van der Waals surface area (Å²) in [4.78, 5) is 12.7. The van der Waals surface area contributed by atoms with E-state index in [2.05, 4.69) is 5.32 Å². The summed E-state index contributed by atoms with van der Waals surface area (Å²) < 4.78 is 25.9. The average Bonchev–Trinajstić information content (AvgIpc) is 2.54. The lowest BCUT2D eigenvalue weighted by molar-refractivity contribution is -0.116. The molecule has 0 aliphatic carbocycles. The Morgan fingerprint density at radius 1 is 1.15 bits per heavy atom. The number of amides is 1. The molecular weight excluding hydrogens is 395 g/mol. The average molecular weight is 415 g/mol. The number of hydrogen-bond acceptors (Lipinski definition) is 3. The first-order chi connectivity index (χ1) is 12.0. The van der Waals surface area contributed by atoms with Gasteiger partial charge in [-0.15, -0.1) is 0 Å². The molecule has 0 saturated carbocycles. The van der Waals surface area contributed by atoms with Crippen LogP contribution in [0.15, 0.2) is 36.4 Å². The van der Waals surface area contributed by atoms with Crippen molar-refractivity contribution in [2.75, 3.05) is 15.9 Å². The molecule has 2 rings (SSSR count). The van der Waals surface area contributed by atoms with Crippen LogP contribution >= 0.6 is 23.2 Å². The molecule has 0 unspecified atom stereocenters. The van der Waals surface area contributed by atoms with E-state index in [0.29, 0.717) is 16.4 Å². The van der Waals surface area contributed by atoms with Gasteiger partial charge in [0.05, 0.1) is 27.7 Å². The fourth-order valence-electron chi connectivity index (χ4n) is 2.58. The minimum Gasteiger partial charge on any atom is -0.323 e. The third-order valence-electron chi connectivity index (χ3n) is 3.90. The molecule has 140 valence electrons. The fourth-order valence-corrected chi connectivity index (χ4v) is 4.15. The highest BCUT2D eigenvalue weighted by Gasteiger charge is 2.30. The number of nitrogens with zero attached hydrogens (tertiary/aromatic N) is 1. The Kier molecular flexibility index (Phi) is 6.21. The number of hydrogen-bond donors (Lipinski definition) is 1. The monoisotopic (exact) mass is 414 g/mol. The first-order valence-electron chi connectivity index (χ1n) is 7.84. The van der Waals surface area contributed by atoms with Gasteiger partial charge in [-0.3, -0.25) is 9.10 Å². The molecular formula is C18H20Cl2N2O3S. The number of rotatable bonds is 5. The minimum absolute atomic E-state index is 0.201. The van der Waals surface area contributed by atoms with E-state index >= 15 is 0 Å². The smallest absolute Gasteiger partial charge is 0.248 e. The highest BCUT2D eigenvalue weighted by Crippen LogP contribution is 2.31. The Bertz CT molecular complexity index is 945. The van der Waals surface area contributed by atoms with Crippen LogP contribution < -0.4 is 9.62 Å². The number of nitrogens with one attached hydrogen (secondary N) is 1. The summed E-state index contributed by atoms with van der Waals surface area (Å²) in [5, 5.41) is 3.14. The topological polar surface area (TPSA) is 66.5 Å². The number of anilines is 2. The van der Waals surface area contributed by atoms with Gasteiger partial charge in [0, 0.05) is 0 Å². The molecule has 0 fully saturated rings. The van der Waals surface area contributed by atoms with Crippen molar-refractivity contribution in [3.8, 4) is 0 Å². The van der Waals surface area contributed by atoms with Crippen molar-refractivity contribution in [1.82, 2.24) is 0 Å². The maximum Gasteiger partial charge on any atom is 0.248 e. The molecule has 0 heterocycles. The highest BCUT2D eigenvalue weighted by molar-refractivity contribution is 7.92. The largest absolute Gasteiger partial charge is 0.323 e. The summed E-state index contributed by atoms with van der Waals surface area (Å²) in [6, 6.07) is 9.31. The lowest BCUT2D eigenvalue weighted by Gasteiger charge is -2.30. The van der Waals surface area contributed by atoms with Crippen molar-refractivity contribution in [2.24, 2.45) is 0 Å². The second-order valence-electron chi connectivity index (χ2n) is 6.12. The van der Waals surface area contributed by atoms with E-state index in [0.717, 1.165) is 21.7 Å². The SMILES string of the molecule is Cc1ccc(C)c(N([C@@H](C)C(=O)Nc2cccc(Cl)c2Cl)S(C)(=O)=O)c1. The molecule has 1 atom stereocenters.